The highest BCUT2D eigenvalue weighted by atomic mass is 19.4. The first kappa shape index (κ1) is 8.93. The molecule has 0 bridgehead atoms. The number of fused-ring (bicyclic) bond motifs is 1. The second-order valence-corrected chi connectivity index (χ2v) is 3.00. The molecule has 0 spiro atoms. The van der Waals surface area contributed by atoms with Crippen molar-refractivity contribution in [1.29, 1.82) is 0 Å². The summed E-state index contributed by atoms with van der Waals surface area (Å²) in [5.74, 6) is 0. The third-order valence-corrected chi connectivity index (χ3v) is 2.04. The molecule has 0 aliphatic heterocycles. The fraction of sp³-hybridized carbons (Fsp3) is 0.111. The van der Waals surface area contributed by atoms with Crippen molar-refractivity contribution >= 4 is 16.6 Å². The molecule has 74 valence electrons. The Hall–Kier alpha value is -1.65. The van der Waals surface area contributed by atoms with Gasteiger partial charge in [0, 0.05) is 17.1 Å². The minimum absolute atomic E-state index is 0.325. The molecule has 0 saturated heterocycles. The van der Waals surface area contributed by atoms with Gasteiger partial charge in [0.05, 0.1) is 11.3 Å². The van der Waals surface area contributed by atoms with Crippen LogP contribution in [0.3, 0.4) is 0 Å². The van der Waals surface area contributed by atoms with Gasteiger partial charge in [-0.3, -0.25) is 0 Å². The first-order valence-electron chi connectivity index (χ1n) is 3.92. The van der Waals surface area contributed by atoms with E-state index in [9.17, 15) is 13.2 Å². The van der Waals surface area contributed by atoms with E-state index in [1.54, 1.807) is 0 Å². The number of H-pyrrole nitrogens is 1. The molecule has 0 unspecified atom stereocenters. The van der Waals surface area contributed by atoms with Crippen LogP contribution in [0.5, 0.6) is 0 Å². The van der Waals surface area contributed by atoms with Gasteiger partial charge < -0.3 is 10.7 Å². The van der Waals surface area contributed by atoms with Gasteiger partial charge >= 0.3 is 6.18 Å². The summed E-state index contributed by atoms with van der Waals surface area (Å²) < 4.78 is 36.9. The maximum Gasteiger partial charge on any atom is 0.416 e. The van der Waals surface area contributed by atoms with Crippen molar-refractivity contribution in [3.05, 3.63) is 30.0 Å². The van der Waals surface area contributed by atoms with E-state index in [2.05, 4.69) is 4.98 Å². The maximum absolute atomic E-state index is 12.3. The Morgan fingerprint density at radius 3 is 2.57 bits per heavy atom. The van der Waals surface area contributed by atoms with Crippen LogP contribution < -0.4 is 5.73 Å². The molecule has 2 nitrogen and oxygen atoms in total. The average molecular weight is 200 g/mol. The second kappa shape index (κ2) is 2.67. The number of nitrogens with two attached hydrogens (primary N) is 1. The summed E-state index contributed by atoms with van der Waals surface area (Å²) in [6.45, 7) is 0. The summed E-state index contributed by atoms with van der Waals surface area (Å²) >= 11 is 0. The Balaban J connectivity index is 2.66. The second-order valence-electron chi connectivity index (χ2n) is 3.00. The lowest BCUT2D eigenvalue weighted by atomic mass is 10.1. The Kier molecular flexibility index (Phi) is 1.70. The molecule has 1 aromatic carbocycles. The summed E-state index contributed by atoms with van der Waals surface area (Å²) in [4.78, 5) is 2.77. The quantitative estimate of drug-likeness (QED) is 0.674. The topological polar surface area (TPSA) is 41.8 Å². The third-order valence-electron chi connectivity index (χ3n) is 2.04. The minimum Gasteiger partial charge on any atom is -0.397 e. The number of aromatic nitrogens is 1. The van der Waals surface area contributed by atoms with Gasteiger partial charge in [-0.15, -0.1) is 0 Å². The number of benzene rings is 1. The van der Waals surface area contributed by atoms with Crippen molar-refractivity contribution in [2.75, 3.05) is 5.73 Å². The highest BCUT2D eigenvalue weighted by Gasteiger charge is 2.30. The number of rotatable bonds is 0. The van der Waals surface area contributed by atoms with E-state index in [4.69, 9.17) is 5.73 Å². The third kappa shape index (κ3) is 1.30. The number of aromatic amines is 1. The predicted octanol–water partition coefficient (Wildman–Crippen LogP) is 2.77. The number of hydrogen-bond donors (Lipinski definition) is 2. The zero-order valence-corrected chi connectivity index (χ0v) is 7.02. The Morgan fingerprint density at radius 2 is 1.93 bits per heavy atom. The van der Waals surface area contributed by atoms with Crippen molar-refractivity contribution in [2.45, 2.75) is 6.18 Å². The molecule has 0 atom stereocenters. The Bertz CT molecular complexity index is 470. The Labute approximate surface area is 77.5 Å². The van der Waals surface area contributed by atoms with Gasteiger partial charge in [-0.1, -0.05) is 0 Å². The number of halogens is 3. The molecule has 0 amide bonds. The fourth-order valence-electron chi connectivity index (χ4n) is 1.32. The van der Waals surface area contributed by atoms with Crippen LogP contribution in [0.25, 0.3) is 10.9 Å². The molecule has 5 heteroatoms. The maximum atomic E-state index is 12.3. The van der Waals surface area contributed by atoms with Gasteiger partial charge in [-0.05, 0) is 18.2 Å². The molecule has 1 heterocycles. The summed E-state index contributed by atoms with van der Waals surface area (Å²) in [7, 11) is 0. The lowest BCUT2D eigenvalue weighted by molar-refractivity contribution is -0.137. The standard InChI is InChI=1S/C9H7F3N2/c10-9(11,12)5-1-2-8-6(3-5)7(13)4-14-8/h1-4,14H,13H2. The van der Waals surface area contributed by atoms with Crippen LogP contribution in [0.2, 0.25) is 0 Å². The van der Waals surface area contributed by atoms with E-state index in [-0.39, 0.29) is 0 Å². The molecule has 1 aromatic heterocycles. The van der Waals surface area contributed by atoms with E-state index in [1.165, 1.54) is 12.3 Å². The zero-order chi connectivity index (χ0) is 10.3. The first-order valence-corrected chi connectivity index (χ1v) is 3.92. The molecule has 0 radical (unpaired) electrons. The number of alkyl halides is 3. The highest BCUT2D eigenvalue weighted by Crippen LogP contribution is 2.32. The highest BCUT2D eigenvalue weighted by molar-refractivity contribution is 5.91. The molecule has 14 heavy (non-hydrogen) atoms. The Morgan fingerprint density at radius 1 is 1.21 bits per heavy atom. The van der Waals surface area contributed by atoms with Crippen molar-refractivity contribution in [3.8, 4) is 0 Å². The number of hydrogen-bond acceptors (Lipinski definition) is 1. The van der Waals surface area contributed by atoms with Crippen LogP contribution in [0, 0.1) is 0 Å². The van der Waals surface area contributed by atoms with E-state index in [0.717, 1.165) is 12.1 Å². The van der Waals surface area contributed by atoms with Gasteiger partial charge in [0.25, 0.3) is 0 Å². The monoisotopic (exact) mass is 200 g/mol. The lowest BCUT2D eigenvalue weighted by Crippen LogP contribution is -2.04. The molecule has 2 aromatic rings. The predicted molar refractivity (Wildman–Crippen MR) is 47.7 cm³/mol. The molecule has 3 N–H and O–H groups in total. The molecular weight excluding hydrogens is 193 g/mol. The van der Waals surface area contributed by atoms with E-state index in [1.807, 2.05) is 0 Å². The average Bonchev–Trinajstić information content (AvgIpc) is 2.46. The summed E-state index contributed by atoms with van der Waals surface area (Å²) in [6, 6.07) is 3.44. The van der Waals surface area contributed by atoms with Crippen LogP contribution in [-0.2, 0) is 6.18 Å². The molecular formula is C9H7F3N2. The van der Waals surface area contributed by atoms with Gasteiger partial charge in [0.1, 0.15) is 0 Å². The van der Waals surface area contributed by atoms with Crippen molar-refractivity contribution < 1.29 is 13.2 Å². The van der Waals surface area contributed by atoms with Crippen molar-refractivity contribution in [1.82, 2.24) is 4.98 Å². The van der Waals surface area contributed by atoms with Crippen LogP contribution in [0.1, 0.15) is 5.56 Å². The first-order chi connectivity index (χ1) is 6.48. The summed E-state index contributed by atoms with van der Waals surface area (Å²) in [5.41, 5.74) is 5.74. The fourth-order valence-corrected chi connectivity index (χ4v) is 1.32. The SMILES string of the molecule is Nc1c[nH]c2ccc(C(F)(F)F)cc12. The normalized spacial score (nSPS) is 12.2. The molecule has 0 fully saturated rings. The van der Waals surface area contributed by atoms with Crippen molar-refractivity contribution in [3.63, 3.8) is 0 Å². The minimum atomic E-state index is -4.32. The van der Waals surface area contributed by atoms with E-state index in [0.29, 0.717) is 16.6 Å². The molecule has 2 rings (SSSR count). The molecule has 0 aliphatic carbocycles. The molecule has 0 aliphatic rings. The van der Waals surface area contributed by atoms with Gasteiger partial charge in [-0.2, -0.15) is 13.2 Å². The number of nitrogens with one attached hydrogen (secondary N) is 1. The number of nitrogen functional groups attached to an aromatic ring is 1. The van der Waals surface area contributed by atoms with Crippen molar-refractivity contribution in [2.24, 2.45) is 0 Å². The van der Waals surface area contributed by atoms with E-state index >= 15 is 0 Å². The van der Waals surface area contributed by atoms with Gasteiger partial charge in [0.15, 0.2) is 0 Å². The largest absolute Gasteiger partial charge is 0.416 e. The zero-order valence-electron chi connectivity index (χ0n) is 7.02. The van der Waals surface area contributed by atoms with Gasteiger partial charge in [0.2, 0.25) is 0 Å². The van der Waals surface area contributed by atoms with E-state index < -0.39 is 11.7 Å². The summed E-state index contributed by atoms with van der Waals surface area (Å²) in [5, 5.41) is 0.403. The van der Waals surface area contributed by atoms with Crippen LogP contribution in [-0.4, -0.2) is 4.98 Å². The van der Waals surface area contributed by atoms with Gasteiger partial charge in [-0.25, -0.2) is 0 Å². The number of anilines is 1. The van der Waals surface area contributed by atoms with Crippen LogP contribution >= 0.6 is 0 Å². The summed E-state index contributed by atoms with van der Waals surface area (Å²) in [6.07, 6.45) is -2.84. The lowest BCUT2D eigenvalue weighted by Gasteiger charge is -2.05. The smallest absolute Gasteiger partial charge is 0.397 e. The van der Waals surface area contributed by atoms with Crippen LogP contribution in [0.4, 0.5) is 18.9 Å². The molecule has 0 saturated carbocycles. The van der Waals surface area contributed by atoms with Crippen LogP contribution in [0.15, 0.2) is 24.4 Å².